The van der Waals surface area contributed by atoms with E-state index in [0.717, 1.165) is 0 Å². The molecule has 0 aromatic rings. The fourth-order valence-corrected chi connectivity index (χ4v) is 1.41. The third-order valence-corrected chi connectivity index (χ3v) is 2.56. The van der Waals surface area contributed by atoms with Crippen molar-refractivity contribution in [3.05, 3.63) is 62.0 Å². The molecule has 1 heteroatoms. The van der Waals surface area contributed by atoms with E-state index in [2.05, 4.69) is 67.7 Å². The Morgan fingerprint density at radius 1 is 1.06 bits per heavy atom. The first-order valence-electron chi connectivity index (χ1n) is 5.38. The van der Waals surface area contributed by atoms with Gasteiger partial charge in [0.05, 0.1) is 0 Å². The summed E-state index contributed by atoms with van der Waals surface area (Å²) in [5.74, 6) is 0. The number of allylic oxidation sites excluding steroid dienone is 6. The summed E-state index contributed by atoms with van der Waals surface area (Å²) in [6, 6.07) is 0. The van der Waals surface area contributed by atoms with Crippen molar-refractivity contribution >= 4 is 0 Å². The summed E-state index contributed by atoms with van der Waals surface area (Å²) in [7, 11) is 0. The zero-order chi connectivity index (χ0) is 13.4. The molecular weight excluding hydrogens is 251 g/mol. The first-order valence-corrected chi connectivity index (χ1v) is 5.38. The SMILES string of the molecule is C=C[CH2-].C=C[CH2-].CC1=[C-]C(C)(C)C(C)=C1C.[Co+3]. The van der Waals surface area contributed by atoms with Gasteiger partial charge in [-0.25, -0.2) is 44.7 Å². The van der Waals surface area contributed by atoms with Gasteiger partial charge < -0.3 is 0 Å². The molecule has 1 rings (SSSR count). The zero-order valence-corrected chi connectivity index (χ0v) is 12.9. The van der Waals surface area contributed by atoms with Gasteiger partial charge in [0, 0.05) is 0 Å². The summed E-state index contributed by atoms with van der Waals surface area (Å²) < 4.78 is 0. The largest absolute Gasteiger partial charge is 3.00 e. The van der Waals surface area contributed by atoms with E-state index in [-0.39, 0.29) is 22.2 Å². The van der Waals surface area contributed by atoms with Crippen molar-refractivity contribution in [3.63, 3.8) is 0 Å². The van der Waals surface area contributed by atoms with Crippen molar-refractivity contribution in [1.82, 2.24) is 0 Å². The Bertz CT molecular complexity index is 285. The normalized spacial score (nSPS) is 15.2. The molecule has 0 amide bonds. The number of hydrogen-bond acceptors (Lipinski definition) is 0. The van der Waals surface area contributed by atoms with Gasteiger partial charge in [0.25, 0.3) is 0 Å². The Balaban J connectivity index is -0.000000240. The molecule has 17 heavy (non-hydrogen) atoms. The van der Waals surface area contributed by atoms with Gasteiger partial charge in [-0.3, -0.25) is 6.08 Å². The van der Waals surface area contributed by atoms with Crippen LogP contribution in [0.3, 0.4) is 0 Å². The Hall–Kier alpha value is -0.794. The Kier molecular flexibility index (Phi) is 13.1. The topological polar surface area (TPSA) is 0 Å². The van der Waals surface area contributed by atoms with E-state index in [1.54, 1.807) is 0 Å². The molecule has 0 aromatic heterocycles. The quantitative estimate of drug-likeness (QED) is 0.538. The standard InChI is InChI=1S/C10H15.2C3H5.Co/c1-7-6-10(4,5)9(3)8(7)2;2*1-3-2;/h1-5H3;2*3H,1-2H2;/q3*-1;+3. The molecule has 0 atom stereocenters. The second kappa shape index (κ2) is 10.4. The van der Waals surface area contributed by atoms with Crippen molar-refractivity contribution in [2.24, 2.45) is 5.41 Å². The van der Waals surface area contributed by atoms with Crippen LogP contribution in [0.4, 0.5) is 0 Å². The Morgan fingerprint density at radius 2 is 1.35 bits per heavy atom. The second-order valence-corrected chi connectivity index (χ2v) is 4.20. The van der Waals surface area contributed by atoms with Crippen molar-refractivity contribution in [3.8, 4) is 0 Å². The van der Waals surface area contributed by atoms with Crippen LogP contribution in [0.25, 0.3) is 0 Å². The molecule has 1 aliphatic rings. The van der Waals surface area contributed by atoms with Gasteiger partial charge in [0.2, 0.25) is 0 Å². The first-order chi connectivity index (χ1) is 7.28. The average molecular weight is 276 g/mol. The Morgan fingerprint density at radius 3 is 1.41 bits per heavy atom. The molecule has 98 valence electrons. The van der Waals surface area contributed by atoms with E-state index in [0.29, 0.717) is 0 Å². The molecule has 0 radical (unpaired) electrons. The van der Waals surface area contributed by atoms with E-state index >= 15 is 0 Å². The van der Waals surface area contributed by atoms with Gasteiger partial charge in [0.15, 0.2) is 0 Å². The third-order valence-electron chi connectivity index (χ3n) is 2.56. The molecule has 0 saturated carbocycles. The number of rotatable bonds is 0. The van der Waals surface area contributed by atoms with E-state index in [4.69, 9.17) is 0 Å². The monoisotopic (exact) mass is 276 g/mol. The van der Waals surface area contributed by atoms with Gasteiger partial charge in [-0.05, 0) is 0 Å². The van der Waals surface area contributed by atoms with Crippen LogP contribution < -0.4 is 0 Å². The van der Waals surface area contributed by atoms with Gasteiger partial charge in [-0.2, -0.15) is 11.1 Å². The van der Waals surface area contributed by atoms with Crippen LogP contribution in [-0.2, 0) is 16.8 Å². The van der Waals surface area contributed by atoms with Crippen LogP contribution >= 0.6 is 0 Å². The van der Waals surface area contributed by atoms with Crippen LogP contribution in [0, 0.1) is 25.3 Å². The third kappa shape index (κ3) is 8.00. The van der Waals surface area contributed by atoms with E-state index in [9.17, 15) is 0 Å². The fourth-order valence-electron chi connectivity index (χ4n) is 1.41. The van der Waals surface area contributed by atoms with Gasteiger partial charge in [-0.15, -0.1) is 6.92 Å². The van der Waals surface area contributed by atoms with Crippen molar-refractivity contribution in [2.75, 3.05) is 0 Å². The van der Waals surface area contributed by atoms with Gasteiger partial charge >= 0.3 is 16.8 Å². The molecule has 0 spiro atoms. The van der Waals surface area contributed by atoms with Gasteiger partial charge in [-0.1, -0.05) is 33.1 Å². The van der Waals surface area contributed by atoms with Crippen LogP contribution in [0.15, 0.2) is 42.0 Å². The molecule has 0 fully saturated rings. The molecular formula is C16H25Co. The van der Waals surface area contributed by atoms with Crippen LogP contribution in [0.2, 0.25) is 0 Å². The smallest absolute Gasteiger partial charge is 0.263 e. The fraction of sp³-hybridized carbons (Fsp3) is 0.375. The summed E-state index contributed by atoms with van der Waals surface area (Å²) >= 11 is 0. The average Bonchev–Trinajstić information content (AvgIpc) is 2.32. The van der Waals surface area contributed by atoms with E-state index in [1.807, 2.05) is 0 Å². The van der Waals surface area contributed by atoms with Crippen molar-refractivity contribution in [2.45, 2.75) is 34.6 Å². The first kappa shape index (κ1) is 21.5. The predicted octanol–water partition coefficient (Wildman–Crippen LogP) is 5.12. The predicted molar refractivity (Wildman–Crippen MR) is 75.7 cm³/mol. The molecule has 0 saturated heterocycles. The van der Waals surface area contributed by atoms with Crippen LogP contribution in [-0.4, -0.2) is 0 Å². The summed E-state index contributed by atoms with van der Waals surface area (Å²) in [5.41, 5.74) is 4.39. The van der Waals surface area contributed by atoms with Crippen molar-refractivity contribution < 1.29 is 16.8 Å². The molecule has 0 nitrogen and oxygen atoms in total. The van der Waals surface area contributed by atoms with Gasteiger partial charge in [0.1, 0.15) is 0 Å². The minimum atomic E-state index is 0. The minimum absolute atomic E-state index is 0. The maximum atomic E-state index is 3.44. The Labute approximate surface area is 119 Å². The van der Waals surface area contributed by atoms with E-state index in [1.165, 1.54) is 28.9 Å². The molecule has 0 bridgehead atoms. The van der Waals surface area contributed by atoms with Crippen LogP contribution in [0.1, 0.15) is 34.6 Å². The second-order valence-electron chi connectivity index (χ2n) is 4.20. The molecule has 1 aliphatic carbocycles. The maximum absolute atomic E-state index is 3.44. The number of hydrogen-bond donors (Lipinski definition) is 0. The summed E-state index contributed by atoms with van der Waals surface area (Å²) in [5, 5.41) is 0. The summed E-state index contributed by atoms with van der Waals surface area (Å²) in [4.78, 5) is 0. The molecule has 0 heterocycles. The molecule has 0 unspecified atom stereocenters. The molecule has 0 aliphatic heterocycles. The van der Waals surface area contributed by atoms with Crippen molar-refractivity contribution in [1.29, 1.82) is 0 Å². The zero-order valence-electron chi connectivity index (χ0n) is 11.8. The maximum Gasteiger partial charge on any atom is 3.00 e. The van der Waals surface area contributed by atoms with E-state index < -0.39 is 0 Å². The van der Waals surface area contributed by atoms with Crippen LogP contribution in [0.5, 0.6) is 0 Å². The minimum Gasteiger partial charge on any atom is -0.263 e. The summed E-state index contributed by atoms with van der Waals surface area (Å²) in [6.07, 6.45) is 6.44. The molecule has 0 aromatic carbocycles. The molecule has 0 N–H and O–H groups in total. The summed E-state index contributed by atoms with van der Waals surface area (Å²) in [6.45, 7) is 23.9.